The van der Waals surface area contributed by atoms with Crippen LogP contribution in [-0.4, -0.2) is 23.2 Å². The average Bonchev–Trinajstić information content (AvgIpc) is 3.27. The lowest BCUT2D eigenvalue weighted by Gasteiger charge is -2.26. The number of carbonyl (C=O) groups excluding carboxylic acids is 1. The molecule has 1 aliphatic heterocycles. The van der Waals surface area contributed by atoms with E-state index < -0.39 is 12.0 Å². The summed E-state index contributed by atoms with van der Waals surface area (Å²) in [6.45, 7) is 7.90. The van der Waals surface area contributed by atoms with E-state index in [9.17, 15) is 9.59 Å². The molecule has 222 valence electrons. The van der Waals surface area contributed by atoms with E-state index in [0.29, 0.717) is 54.3 Å². The number of fused-ring (bicyclic) bond motifs is 1. The number of esters is 1. The van der Waals surface area contributed by atoms with Crippen molar-refractivity contribution in [1.29, 1.82) is 0 Å². The summed E-state index contributed by atoms with van der Waals surface area (Å²) in [4.78, 5) is 32.3. The average molecular weight is 638 g/mol. The molecule has 0 N–H and O–H groups in total. The van der Waals surface area contributed by atoms with E-state index in [1.165, 1.54) is 11.3 Å². The summed E-state index contributed by atoms with van der Waals surface area (Å²) in [6.07, 6.45) is 1.70. The van der Waals surface area contributed by atoms with Crippen LogP contribution in [0, 0.1) is 0 Å². The van der Waals surface area contributed by atoms with Crippen molar-refractivity contribution in [3.05, 3.63) is 124 Å². The highest BCUT2D eigenvalue weighted by Crippen LogP contribution is 2.36. The first-order valence-electron chi connectivity index (χ1n) is 13.8. The van der Waals surface area contributed by atoms with Gasteiger partial charge in [-0.05, 0) is 75.2 Å². The monoisotopic (exact) mass is 636 g/mol. The van der Waals surface area contributed by atoms with Gasteiger partial charge in [-0.15, -0.1) is 0 Å². The highest BCUT2D eigenvalue weighted by Gasteiger charge is 2.35. The molecule has 7 nitrogen and oxygen atoms in total. The molecule has 0 bridgehead atoms. The zero-order chi connectivity index (χ0) is 30.7. The van der Waals surface area contributed by atoms with E-state index in [1.54, 1.807) is 30.5 Å². The number of thiazole rings is 1. The van der Waals surface area contributed by atoms with E-state index in [2.05, 4.69) is 4.99 Å². The van der Waals surface area contributed by atoms with Gasteiger partial charge in [0.25, 0.3) is 5.56 Å². The quantitative estimate of drug-likeness (QED) is 0.197. The maximum atomic E-state index is 14.0. The number of aromatic nitrogens is 1. The van der Waals surface area contributed by atoms with Crippen LogP contribution in [0.5, 0.6) is 11.5 Å². The van der Waals surface area contributed by atoms with E-state index in [0.717, 1.165) is 11.1 Å². The van der Waals surface area contributed by atoms with Crippen LogP contribution < -0.4 is 24.4 Å². The Hall–Kier alpha value is -3.85. The third-order valence-electron chi connectivity index (χ3n) is 6.66. The second kappa shape index (κ2) is 13.2. The largest absolute Gasteiger partial charge is 0.491 e. The van der Waals surface area contributed by atoms with Gasteiger partial charge >= 0.3 is 5.97 Å². The maximum absolute atomic E-state index is 14.0. The Kier molecular flexibility index (Phi) is 9.40. The number of benzene rings is 3. The van der Waals surface area contributed by atoms with Crippen molar-refractivity contribution in [2.75, 3.05) is 6.61 Å². The fourth-order valence-electron chi connectivity index (χ4n) is 4.76. The highest BCUT2D eigenvalue weighted by atomic mass is 35.5. The number of rotatable bonds is 9. The summed E-state index contributed by atoms with van der Waals surface area (Å²) < 4.78 is 19.4. The van der Waals surface area contributed by atoms with Crippen LogP contribution in [0.1, 0.15) is 50.4 Å². The molecule has 2 heterocycles. The lowest BCUT2D eigenvalue weighted by molar-refractivity contribution is -0.139. The SMILES string of the molecule is CCOC(=O)C1=C(C)N=c2s/c(=C/c3ccc(OCc4ccc(Cl)c(Cl)c4)cc3)c(=O)n2[C@@H]1c1ccccc1OC(C)C. The van der Waals surface area contributed by atoms with Gasteiger partial charge in [0.05, 0.1) is 38.6 Å². The van der Waals surface area contributed by atoms with Crippen molar-refractivity contribution in [3.8, 4) is 11.5 Å². The Morgan fingerprint density at radius 3 is 2.51 bits per heavy atom. The van der Waals surface area contributed by atoms with Gasteiger partial charge in [-0.2, -0.15) is 0 Å². The molecule has 0 spiro atoms. The van der Waals surface area contributed by atoms with Crippen LogP contribution in [0.4, 0.5) is 0 Å². The number of hydrogen-bond acceptors (Lipinski definition) is 7. The normalized spacial score (nSPS) is 14.9. The fourth-order valence-corrected chi connectivity index (χ4v) is 6.13. The van der Waals surface area contributed by atoms with Gasteiger partial charge in [-0.3, -0.25) is 9.36 Å². The summed E-state index contributed by atoms with van der Waals surface area (Å²) in [5.74, 6) is 0.741. The predicted octanol–water partition coefficient (Wildman–Crippen LogP) is 6.47. The molecule has 3 aromatic carbocycles. The lowest BCUT2D eigenvalue weighted by atomic mass is 9.95. The number of carbonyl (C=O) groups is 1. The standard InChI is InChI=1S/C33H30Cl2N2O5S/c1-5-40-32(39)29-20(4)36-33-37(30(29)24-8-6-7-9-27(24)42-19(2)3)31(38)28(43-33)17-21-10-13-23(14-11-21)41-18-22-12-15-25(34)26(35)16-22/h6-17,19,30H,5,18H2,1-4H3/b28-17+/t30-/m1/s1. The van der Waals surface area contributed by atoms with Gasteiger partial charge in [0.2, 0.25) is 0 Å². The minimum Gasteiger partial charge on any atom is -0.491 e. The predicted molar refractivity (Wildman–Crippen MR) is 170 cm³/mol. The lowest BCUT2D eigenvalue weighted by Crippen LogP contribution is -2.40. The number of para-hydroxylation sites is 1. The van der Waals surface area contributed by atoms with E-state index in [4.69, 9.17) is 37.4 Å². The molecule has 43 heavy (non-hydrogen) atoms. The summed E-state index contributed by atoms with van der Waals surface area (Å²) in [5.41, 5.74) is 2.94. The molecule has 0 unspecified atom stereocenters. The molecule has 5 rings (SSSR count). The number of ether oxygens (including phenoxy) is 3. The molecule has 1 atom stereocenters. The Labute approximate surface area is 263 Å². The molecule has 10 heteroatoms. The van der Waals surface area contributed by atoms with Crippen molar-refractivity contribution in [3.63, 3.8) is 0 Å². The Bertz CT molecular complexity index is 1880. The highest BCUT2D eigenvalue weighted by molar-refractivity contribution is 7.07. The fraction of sp³-hybridized carbons (Fsp3) is 0.242. The second-order valence-corrected chi connectivity index (χ2v) is 11.9. The second-order valence-electron chi connectivity index (χ2n) is 10.1. The van der Waals surface area contributed by atoms with Crippen molar-refractivity contribution in [2.24, 2.45) is 4.99 Å². The molecule has 0 radical (unpaired) electrons. The smallest absolute Gasteiger partial charge is 0.338 e. The molecule has 0 amide bonds. The molecule has 0 saturated heterocycles. The van der Waals surface area contributed by atoms with E-state index in [1.807, 2.05) is 74.5 Å². The molecule has 4 aromatic rings. The van der Waals surface area contributed by atoms with Crippen LogP contribution >= 0.6 is 34.5 Å². The Morgan fingerprint density at radius 2 is 1.81 bits per heavy atom. The van der Waals surface area contributed by atoms with Crippen molar-refractivity contribution in [1.82, 2.24) is 4.57 Å². The van der Waals surface area contributed by atoms with Gasteiger partial charge in [0.1, 0.15) is 24.1 Å². The first kappa shape index (κ1) is 30.6. The number of halogens is 2. The minimum atomic E-state index is -0.760. The van der Waals surface area contributed by atoms with Crippen molar-refractivity contribution in [2.45, 2.75) is 46.4 Å². The van der Waals surface area contributed by atoms with Crippen LogP contribution in [0.25, 0.3) is 6.08 Å². The number of allylic oxidation sites excluding steroid dienone is 1. The van der Waals surface area contributed by atoms with Crippen LogP contribution in [0.2, 0.25) is 10.0 Å². The molecule has 0 aliphatic carbocycles. The van der Waals surface area contributed by atoms with Gasteiger partial charge in [0.15, 0.2) is 4.80 Å². The summed E-state index contributed by atoms with van der Waals surface area (Å²) in [6, 6.07) is 19.5. The number of nitrogens with zero attached hydrogens (tertiary/aromatic N) is 2. The summed E-state index contributed by atoms with van der Waals surface area (Å²) >= 11 is 13.4. The van der Waals surface area contributed by atoms with Crippen molar-refractivity contribution >= 4 is 46.6 Å². The topological polar surface area (TPSA) is 79.1 Å². The van der Waals surface area contributed by atoms with Crippen LogP contribution in [0.15, 0.2) is 87.8 Å². The van der Waals surface area contributed by atoms with Crippen molar-refractivity contribution < 1.29 is 19.0 Å². The minimum absolute atomic E-state index is 0.107. The molecular weight excluding hydrogens is 607 g/mol. The maximum Gasteiger partial charge on any atom is 0.338 e. The first-order chi connectivity index (χ1) is 20.7. The number of hydrogen-bond donors (Lipinski definition) is 0. The van der Waals surface area contributed by atoms with Crippen LogP contribution in [-0.2, 0) is 16.1 Å². The Morgan fingerprint density at radius 1 is 1.07 bits per heavy atom. The zero-order valence-electron chi connectivity index (χ0n) is 24.1. The molecule has 1 aromatic heterocycles. The summed E-state index contributed by atoms with van der Waals surface area (Å²) in [7, 11) is 0. The van der Waals surface area contributed by atoms with Gasteiger partial charge in [0, 0.05) is 5.56 Å². The molecule has 0 fully saturated rings. The Balaban J connectivity index is 1.51. The molecular formula is C33H30Cl2N2O5S. The van der Waals surface area contributed by atoms with Gasteiger partial charge in [-0.25, -0.2) is 9.79 Å². The van der Waals surface area contributed by atoms with Crippen LogP contribution in [0.3, 0.4) is 0 Å². The summed E-state index contributed by atoms with van der Waals surface area (Å²) in [5, 5.41) is 0.967. The first-order valence-corrected chi connectivity index (χ1v) is 15.4. The zero-order valence-corrected chi connectivity index (χ0v) is 26.4. The van der Waals surface area contributed by atoms with E-state index >= 15 is 0 Å². The molecule has 1 aliphatic rings. The van der Waals surface area contributed by atoms with Gasteiger partial charge < -0.3 is 14.2 Å². The van der Waals surface area contributed by atoms with E-state index in [-0.39, 0.29) is 18.3 Å². The third-order valence-corrected chi connectivity index (χ3v) is 8.38. The molecule has 0 saturated carbocycles. The van der Waals surface area contributed by atoms with Gasteiger partial charge in [-0.1, -0.05) is 70.9 Å². The third kappa shape index (κ3) is 6.72.